The van der Waals surface area contributed by atoms with E-state index in [4.69, 9.17) is 4.74 Å². The number of ether oxygens (including phenoxy) is 1. The Morgan fingerprint density at radius 2 is 0.815 bits per heavy atom. The van der Waals surface area contributed by atoms with Gasteiger partial charge in [0.05, 0.1) is 25.2 Å². The minimum absolute atomic E-state index is 0.0684. The fourth-order valence-electron chi connectivity index (χ4n) is 8.46. The first-order chi connectivity index (χ1) is 32.0. The lowest BCUT2D eigenvalue weighted by molar-refractivity contribution is -0.151. The molecule has 0 heterocycles. The van der Waals surface area contributed by atoms with E-state index in [1.165, 1.54) is 154 Å². The zero-order chi connectivity index (χ0) is 47.4. The molecular formula is C59H107NO5. The standard InChI is InChI=1S/C59H107NO5/c1-4-7-10-13-16-19-22-25-27-28-29-31-34-37-40-43-46-49-52-59(64)65-55(50-47-44-41-38-35-32-24-21-18-15-12-9-6-3)53-58(63)60-56(54-61)57(62)51-48-45-42-39-36-33-30-26-23-20-17-14-11-8-5-2/h10,13,16,19,22,25,27-29,31,55-57,61-62H,4-9,11-12,14-15,17-18,20-21,23-24,26,30,32-54H2,1-3H3,(H,60,63)/b13-10+,19-16+,25-22+,28-27+,31-29+. The molecule has 1 amide bonds. The Morgan fingerprint density at radius 1 is 0.446 bits per heavy atom. The average Bonchev–Trinajstić information content (AvgIpc) is 3.30. The van der Waals surface area contributed by atoms with Gasteiger partial charge in [-0.1, -0.05) is 281 Å². The van der Waals surface area contributed by atoms with E-state index in [1.54, 1.807) is 0 Å². The van der Waals surface area contributed by atoms with E-state index >= 15 is 0 Å². The summed E-state index contributed by atoms with van der Waals surface area (Å²) in [6, 6.07) is -0.707. The van der Waals surface area contributed by atoms with E-state index in [9.17, 15) is 19.8 Å². The third-order valence-corrected chi connectivity index (χ3v) is 12.7. The molecular weight excluding hydrogens is 803 g/mol. The topological polar surface area (TPSA) is 95.9 Å². The number of nitrogens with one attached hydrogen (secondary N) is 1. The predicted octanol–water partition coefficient (Wildman–Crippen LogP) is 17.2. The van der Waals surface area contributed by atoms with Gasteiger partial charge in [0.25, 0.3) is 0 Å². The number of aliphatic hydroxyl groups is 2. The number of unbranched alkanes of at least 4 members (excludes halogenated alkanes) is 32. The highest BCUT2D eigenvalue weighted by Gasteiger charge is 2.24. The number of carbonyl (C=O) groups excluding carboxylic acids is 2. The number of hydrogen-bond donors (Lipinski definition) is 3. The third-order valence-electron chi connectivity index (χ3n) is 12.7. The number of esters is 1. The molecule has 0 aromatic rings. The fraction of sp³-hybridized carbons (Fsp3) is 0.797. The number of allylic oxidation sites excluding steroid dienone is 10. The van der Waals surface area contributed by atoms with Crippen LogP contribution in [0.1, 0.15) is 278 Å². The first kappa shape index (κ1) is 62.6. The van der Waals surface area contributed by atoms with Crippen molar-refractivity contribution in [3.8, 4) is 0 Å². The van der Waals surface area contributed by atoms with Gasteiger partial charge in [0.15, 0.2) is 0 Å². The van der Waals surface area contributed by atoms with Gasteiger partial charge in [-0.05, 0) is 44.9 Å². The van der Waals surface area contributed by atoms with Crippen molar-refractivity contribution in [2.75, 3.05) is 6.61 Å². The first-order valence-corrected chi connectivity index (χ1v) is 28.1. The van der Waals surface area contributed by atoms with E-state index in [0.717, 1.165) is 77.0 Å². The van der Waals surface area contributed by atoms with Gasteiger partial charge in [0.1, 0.15) is 6.10 Å². The van der Waals surface area contributed by atoms with Crippen LogP contribution >= 0.6 is 0 Å². The quantitative estimate of drug-likeness (QED) is 0.0321. The number of aliphatic hydroxyl groups excluding tert-OH is 2. The van der Waals surface area contributed by atoms with Crippen molar-refractivity contribution in [3.05, 3.63) is 60.8 Å². The maximum Gasteiger partial charge on any atom is 0.306 e. The van der Waals surface area contributed by atoms with Crippen LogP contribution in [0.2, 0.25) is 0 Å². The van der Waals surface area contributed by atoms with Gasteiger partial charge < -0.3 is 20.3 Å². The smallest absolute Gasteiger partial charge is 0.306 e. The van der Waals surface area contributed by atoms with Crippen LogP contribution in [0.25, 0.3) is 0 Å². The first-order valence-electron chi connectivity index (χ1n) is 28.1. The lowest BCUT2D eigenvalue weighted by Gasteiger charge is -2.24. The molecule has 3 N–H and O–H groups in total. The van der Waals surface area contributed by atoms with E-state index in [2.05, 4.69) is 62.5 Å². The van der Waals surface area contributed by atoms with E-state index < -0.39 is 18.2 Å². The summed E-state index contributed by atoms with van der Waals surface area (Å²) < 4.78 is 5.95. The van der Waals surface area contributed by atoms with E-state index in [1.807, 2.05) is 24.3 Å². The summed E-state index contributed by atoms with van der Waals surface area (Å²) >= 11 is 0. The van der Waals surface area contributed by atoms with Gasteiger partial charge in [0, 0.05) is 6.42 Å². The third kappa shape index (κ3) is 47.8. The van der Waals surface area contributed by atoms with Gasteiger partial charge in [-0.3, -0.25) is 9.59 Å². The SMILES string of the molecule is CCC/C=C/C=C/C=C/C=C/C=C/CCCCCCCC(=O)OC(CCCCCCCCCCCCCCC)CC(=O)NC(CO)C(O)CCCCCCCCCCCCCCCCC. The van der Waals surface area contributed by atoms with E-state index in [-0.39, 0.29) is 24.9 Å². The molecule has 3 atom stereocenters. The van der Waals surface area contributed by atoms with Crippen LogP contribution in [-0.2, 0) is 14.3 Å². The summed E-state index contributed by atoms with van der Waals surface area (Å²) in [6.07, 6.45) is 65.6. The minimum atomic E-state index is -0.793. The highest BCUT2D eigenvalue weighted by Crippen LogP contribution is 2.18. The molecule has 0 saturated carbocycles. The second-order valence-corrected chi connectivity index (χ2v) is 19.1. The van der Waals surface area contributed by atoms with Crippen molar-refractivity contribution in [3.63, 3.8) is 0 Å². The van der Waals surface area contributed by atoms with Gasteiger partial charge in [-0.25, -0.2) is 0 Å². The van der Waals surface area contributed by atoms with Gasteiger partial charge in [-0.15, -0.1) is 0 Å². The van der Waals surface area contributed by atoms with Crippen LogP contribution in [0.15, 0.2) is 60.8 Å². The molecule has 0 aromatic heterocycles. The molecule has 6 heteroatoms. The fourth-order valence-corrected chi connectivity index (χ4v) is 8.46. The predicted molar refractivity (Wildman–Crippen MR) is 282 cm³/mol. The molecule has 0 radical (unpaired) electrons. The summed E-state index contributed by atoms with van der Waals surface area (Å²) in [4.78, 5) is 26.2. The van der Waals surface area contributed by atoms with Gasteiger partial charge >= 0.3 is 5.97 Å². The maximum absolute atomic E-state index is 13.2. The zero-order valence-electron chi connectivity index (χ0n) is 43.1. The molecule has 0 aliphatic carbocycles. The second kappa shape index (κ2) is 52.5. The Kier molecular flexibility index (Phi) is 50.6. The summed E-state index contributed by atoms with van der Waals surface area (Å²) in [6.45, 7) is 6.41. The van der Waals surface area contributed by atoms with Crippen LogP contribution in [0.5, 0.6) is 0 Å². The van der Waals surface area contributed by atoms with Crippen LogP contribution in [0, 0.1) is 0 Å². The van der Waals surface area contributed by atoms with Crippen molar-refractivity contribution in [2.45, 2.75) is 296 Å². The summed E-state index contributed by atoms with van der Waals surface area (Å²) in [7, 11) is 0. The molecule has 0 aromatic carbocycles. The van der Waals surface area contributed by atoms with Crippen LogP contribution in [0.3, 0.4) is 0 Å². The van der Waals surface area contributed by atoms with Gasteiger partial charge in [0.2, 0.25) is 5.91 Å². The average molecular weight is 911 g/mol. The van der Waals surface area contributed by atoms with Crippen molar-refractivity contribution in [2.24, 2.45) is 0 Å². The Labute approximate surface area is 403 Å². The molecule has 0 aliphatic heterocycles. The van der Waals surface area contributed by atoms with Crippen molar-refractivity contribution < 1.29 is 24.5 Å². The van der Waals surface area contributed by atoms with Crippen LogP contribution in [-0.4, -0.2) is 46.9 Å². The highest BCUT2D eigenvalue weighted by atomic mass is 16.5. The number of hydrogen-bond acceptors (Lipinski definition) is 5. The number of carbonyl (C=O) groups is 2. The molecule has 0 rings (SSSR count). The molecule has 6 nitrogen and oxygen atoms in total. The molecule has 0 fully saturated rings. The molecule has 3 unspecified atom stereocenters. The minimum Gasteiger partial charge on any atom is -0.462 e. The lowest BCUT2D eigenvalue weighted by atomic mass is 10.0. The summed E-state index contributed by atoms with van der Waals surface area (Å²) in [5, 5.41) is 23.9. The molecule has 0 saturated heterocycles. The molecule has 65 heavy (non-hydrogen) atoms. The summed E-state index contributed by atoms with van der Waals surface area (Å²) in [5.41, 5.74) is 0. The normalized spacial score (nSPS) is 13.6. The molecule has 378 valence electrons. The Balaban J connectivity index is 4.58. The lowest BCUT2D eigenvalue weighted by Crippen LogP contribution is -2.46. The zero-order valence-corrected chi connectivity index (χ0v) is 43.1. The second-order valence-electron chi connectivity index (χ2n) is 19.1. The monoisotopic (exact) mass is 910 g/mol. The molecule has 0 spiro atoms. The summed E-state index contributed by atoms with van der Waals surface area (Å²) in [5.74, 6) is -0.493. The molecule has 0 bridgehead atoms. The van der Waals surface area contributed by atoms with Crippen molar-refractivity contribution >= 4 is 11.9 Å². The van der Waals surface area contributed by atoms with Crippen molar-refractivity contribution in [1.82, 2.24) is 5.32 Å². The largest absolute Gasteiger partial charge is 0.462 e. The number of rotatable bonds is 50. The Hall–Kier alpha value is -2.44. The Bertz CT molecular complexity index is 1160. The van der Waals surface area contributed by atoms with Crippen molar-refractivity contribution in [1.29, 1.82) is 0 Å². The Morgan fingerprint density at radius 3 is 1.25 bits per heavy atom. The highest BCUT2D eigenvalue weighted by molar-refractivity contribution is 5.77. The van der Waals surface area contributed by atoms with Crippen LogP contribution < -0.4 is 5.32 Å². The van der Waals surface area contributed by atoms with Gasteiger partial charge in [-0.2, -0.15) is 0 Å². The number of amides is 1. The van der Waals surface area contributed by atoms with E-state index in [0.29, 0.717) is 19.3 Å². The molecule has 0 aliphatic rings. The maximum atomic E-state index is 13.2. The van der Waals surface area contributed by atoms with Crippen LogP contribution in [0.4, 0.5) is 0 Å².